The highest BCUT2D eigenvalue weighted by Gasteiger charge is 2.14. The SMILES string of the molecule is Cc1c(NC(=O)Cn2cnc3ccc(Br)cc3c2=O)n[nH]c1-c1ccncc1. The molecule has 28 heavy (non-hydrogen) atoms. The van der Waals surface area contributed by atoms with E-state index >= 15 is 0 Å². The van der Waals surface area contributed by atoms with Crippen molar-refractivity contribution in [2.24, 2.45) is 0 Å². The Bertz CT molecular complexity index is 1230. The van der Waals surface area contributed by atoms with Gasteiger partial charge in [-0.15, -0.1) is 0 Å². The number of aromatic amines is 1. The van der Waals surface area contributed by atoms with Crippen molar-refractivity contribution in [3.63, 3.8) is 0 Å². The maximum absolute atomic E-state index is 12.6. The number of nitrogens with one attached hydrogen (secondary N) is 2. The Kier molecular flexibility index (Phi) is 4.74. The van der Waals surface area contributed by atoms with Crippen molar-refractivity contribution >= 4 is 38.6 Å². The van der Waals surface area contributed by atoms with E-state index < -0.39 is 0 Å². The van der Waals surface area contributed by atoms with Gasteiger partial charge in [0.2, 0.25) is 5.91 Å². The number of anilines is 1. The Balaban J connectivity index is 1.56. The second-order valence-corrected chi connectivity index (χ2v) is 7.11. The summed E-state index contributed by atoms with van der Waals surface area (Å²) >= 11 is 3.34. The van der Waals surface area contributed by atoms with Crippen molar-refractivity contribution in [1.82, 2.24) is 24.7 Å². The highest BCUT2D eigenvalue weighted by Crippen LogP contribution is 2.25. The summed E-state index contributed by atoms with van der Waals surface area (Å²) in [6.07, 6.45) is 4.74. The molecule has 0 aliphatic heterocycles. The Hall–Kier alpha value is -3.33. The number of halogens is 1. The summed E-state index contributed by atoms with van der Waals surface area (Å²) in [6, 6.07) is 8.96. The number of nitrogens with zero attached hydrogens (tertiary/aromatic N) is 4. The molecule has 140 valence electrons. The van der Waals surface area contributed by atoms with Crippen molar-refractivity contribution < 1.29 is 4.79 Å². The normalized spacial score (nSPS) is 10.9. The number of amides is 1. The van der Waals surface area contributed by atoms with E-state index in [1.54, 1.807) is 24.5 Å². The Morgan fingerprint density at radius 3 is 2.82 bits per heavy atom. The summed E-state index contributed by atoms with van der Waals surface area (Å²) in [6.45, 7) is 1.70. The fourth-order valence-electron chi connectivity index (χ4n) is 2.89. The van der Waals surface area contributed by atoms with Gasteiger partial charge >= 0.3 is 0 Å². The summed E-state index contributed by atoms with van der Waals surface area (Å²) in [5.41, 5.74) is 2.81. The number of hydrogen-bond acceptors (Lipinski definition) is 5. The molecule has 3 heterocycles. The molecule has 0 unspecified atom stereocenters. The average Bonchev–Trinajstić information content (AvgIpc) is 3.05. The molecule has 9 heteroatoms. The van der Waals surface area contributed by atoms with E-state index in [2.05, 4.69) is 41.4 Å². The zero-order valence-corrected chi connectivity index (χ0v) is 16.4. The zero-order valence-electron chi connectivity index (χ0n) is 14.8. The van der Waals surface area contributed by atoms with Gasteiger partial charge in [-0.05, 0) is 37.3 Å². The minimum Gasteiger partial charge on any atom is -0.307 e. The molecule has 0 saturated carbocycles. The van der Waals surface area contributed by atoms with Crippen molar-refractivity contribution in [3.05, 3.63) is 69.4 Å². The Morgan fingerprint density at radius 1 is 1.25 bits per heavy atom. The molecule has 0 aliphatic carbocycles. The quantitative estimate of drug-likeness (QED) is 0.509. The lowest BCUT2D eigenvalue weighted by Gasteiger charge is -2.07. The van der Waals surface area contributed by atoms with Gasteiger partial charge in [-0.3, -0.25) is 24.2 Å². The van der Waals surface area contributed by atoms with Gasteiger partial charge < -0.3 is 5.32 Å². The number of carbonyl (C=O) groups is 1. The smallest absolute Gasteiger partial charge is 0.261 e. The monoisotopic (exact) mass is 438 g/mol. The summed E-state index contributed by atoms with van der Waals surface area (Å²) in [4.78, 5) is 33.3. The first kappa shape index (κ1) is 18.1. The lowest BCUT2D eigenvalue weighted by atomic mass is 10.1. The molecule has 3 aromatic heterocycles. The van der Waals surface area contributed by atoms with Gasteiger partial charge in [-0.2, -0.15) is 5.10 Å². The number of aromatic nitrogens is 5. The van der Waals surface area contributed by atoms with Crippen LogP contribution in [-0.2, 0) is 11.3 Å². The molecular weight excluding hydrogens is 424 g/mol. The fourth-order valence-corrected chi connectivity index (χ4v) is 3.25. The fraction of sp³-hybridized carbons (Fsp3) is 0.105. The number of carbonyl (C=O) groups excluding carboxylic acids is 1. The first-order valence-corrected chi connectivity index (χ1v) is 9.22. The van der Waals surface area contributed by atoms with Crippen LogP contribution in [0.2, 0.25) is 0 Å². The van der Waals surface area contributed by atoms with E-state index in [0.717, 1.165) is 21.3 Å². The Labute approximate surface area is 167 Å². The molecule has 0 saturated heterocycles. The molecule has 4 aromatic rings. The van der Waals surface area contributed by atoms with Crippen LogP contribution >= 0.6 is 15.9 Å². The number of pyridine rings is 1. The number of H-pyrrole nitrogens is 1. The molecule has 1 amide bonds. The first-order valence-electron chi connectivity index (χ1n) is 8.43. The highest BCUT2D eigenvalue weighted by atomic mass is 79.9. The zero-order chi connectivity index (χ0) is 19.7. The van der Waals surface area contributed by atoms with E-state index in [1.165, 1.54) is 10.9 Å². The van der Waals surface area contributed by atoms with E-state index in [0.29, 0.717) is 16.7 Å². The lowest BCUT2D eigenvalue weighted by molar-refractivity contribution is -0.116. The van der Waals surface area contributed by atoms with Gasteiger partial charge in [0.25, 0.3) is 5.56 Å². The predicted molar refractivity (Wildman–Crippen MR) is 109 cm³/mol. The minimum atomic E-state index is -0.367. The van der Waals surface area contributed by atoms with Crippen molar-refractivity contribution in [2.75, 3.05) is 5.32 Å². The number of benzene rings is 1. The van der Waals surface area contributed by atoms with Crippen molar-refractivity contribution in [1.29, 1.82) is 0 Å². The second kappa shape index (κ2) is 7.35. The van der Waals surface area contributed by atoms with Gasteiger partial charge in [0, 0.05) is 28.0 Å². The summed E-state index contributed by atoms with van der Waals surface area (Å²) in [5, 5.41) is 10.3. The molecule has 0 aliphatic rings. The minimum absolute atomic E-state index is 0.162. The third-order valence-electron chi connectivity index (χ3n) is 4.34. The van der Waals surface area contributed by atoms with Crippen molar-refractivity contribution in [2.45, 2.75) is 13.5 Å². The first-order chi connectivity index (χ1) is 13.5. The number of hydrogen-bond donors (Lipinski definition) is 2. The molecule has 0 atom stereocenters. The van der Waals surface area contributed by atoms with Crippen LogP contribution in [0.1, 0.15) is 5.56 Å². The molecular formula is C19H15BrN6O2. The van der Waals surface area contributed by atoms with Gasteiger partial charge in [-0.1, -0.05) is 15.9 Å². The second-order valence-electron chi connectivity index (χ2n) is 6.20. The maximum Gasteiger partial charge on any atom is 0.261 e. The van der Waals surface area contributed by atoms with Crippen LogP contribution in [0, 0.1) is 6.92 Å². The van der Waals surface area contributed by atoms with E-state index in [1.807, 2.05) is 25.1 Å². The molecule has 0 fully saturated rings. The number of rotatable bonds is 4. The molecule has 1 aromatic carbocycles. The molecule has 2 N–H and O–H groups in total. The van der Waals surface area contributed by atoms with Gasteiger partial charge in [0.15, 0.2) is 5.82 Å². The molecule has 4 rings (SSSR count). The van der Waals surface area contributed by atoms with Crippen LogP contribution in [0.15, 0.2) is 58.3 Å². The van der Waals surface area contributed by atoms with E-state index in [-0.39, 0.29) is 18.0 Å². The summed E-state index contributed by atoms with van der Waals surface area (Å²) < 4.78 is 2.05. The van der Waals surface area contributed by atoms with E-state index in [9.17, 15) is 9.59 Å². The third kappa shape index (κ3) is 3.44. The van der Waals surface area contributed by atoms with Crippen LogP contribution in [0.4, 0.5) is 5.82 Å². The summed E-state index contributed by atoms with van der Waals surface area (Å²) in [5.74, 6) is 0.0514. The lowest BCUT2D eigenvalue weighted by Crippen LogP contribution is -2.28. The van der Waals surface area contributed by atoms with Crippen LogP contribution in [0.3, 0.4) is 0 Å². The predicted octanol–water partition coefficient (Wildman–Crippen LogP) is 2.89. The maximum atomic E-state index is 12.6. The average molecular weight is 439 g/mol. The highest BCUT2D eigenvalue weighted by molar-refractivity contribution is 9.10. The standard InChI is InChI=1S/C19H15BrN6O2/c1-11-17(12-4-6-21-7-5-12)24-25-18(11)23-16(27)9-26-10-22-15-3-2-13(20)8-14(15)19(26)28/h2-8,10H,9H2,1H3,(H2,23,24,25,27). The molecule has 0 bridgehead atoms. The van der Waals surface area contributed by atoms with Crippen LogP contribution < -0.4 is 10.9 Å². The third-order valence-corrected chi connectivity index (χ3v) is 4.83. The van der Waals surface area contributed by atoms with Crippen LogP contribution in [0.25, 0.3) is 22.2 Å². The van der Waals surface area contributed by atoms with Crippen LogP contribution in [-0.4, -0.2) is 30.6 Å². The molecule has 0 spiro atoms. The van der Waals surface area contributed by atoms with Crippen molar-refractivity contribution in [3.8, 4) is 11.3 Å². The molecule has 8 nitrogen and oxygen atoms in total. The van der Waals surface area contributed by atoms with Gasteiger partial charge in [0.1, 0.15) is 6.54 Å². The van der Waals surface area contributed by atoms with Gasteiger partial charge in [-0.25, -0.2) is 4.98 Å². The van der Waals surface area contributed by atoms with E-state index in [4.69, 9.17) is 0 Å². The van der Waals surface area contributed by atoms with Crippen LogP contribution in [0.5, 0.6) is 0 Å². The summed E-state index contributed by atoms with van der Waals surface area (Å²) in [7, 11) is 0. The number of fused-ring (bicyclic) bond motifs is 1. The van der Waals surface area contributed by atoms with Gasteiger partial charge in [0.05, 0.1) is 22.9 Å². The Morgan fingerprint density at radius 2 is 2.04 bits per heavy atom. The largest absolute Gasteiger partial charge is 0.307 e. The molecule has 0 radical (unpaired) electrons. The topological polar surface area (TPSA) is 106 Å².